The van der Waals surface area contributed by atoms with Crippen molar-refractivity contribution in [2.75, 3.05) is 38.1 Å². The maximum Gasteiger partial charge on any atom is 0.405 e. The van der Waals surface area contributed by atoms with Crippen LogP contribution in [0.3, 0.4) is 0 Å². The van der Waals surface area contributed by atoms with Gasteiger partial charge in [0.2, 0.25) is 0 Å². The zero-order chi connectivity index (χ0) is 17.0. The van der Waals surface area contributed by atoms with Gasteiger partial charge >= 0.3 is 12.2 Å². The van der Waals surface area contributed by atoms with Crippen LogP contribution >= 0.6 is 0 Å². The number of urea groups is 1. The van der Waals surface area contributed by atoms with Crippen LogP contribution in [-0.2, 0) is 0 Å². The molecular formula is C15H20F3N3O2. The van der Waals surface area contributed by atoms with Crippen LogP contribution in [0.4, 0.5) is 23.7 Å². The molecule has 0 fully saturated rings. The quantitative estimate of drug-likeness (QED) is 0.922. The number of likely N-dealkylation sites (N-methyl/N-ethyl adjacent to an activating group) is 2. The van der Waals surface area contributed by atoms with E-state index in [0.29, 0.717) is 6.54 Å². The van der Waals surface area contributed by atoms with Crippen LogP contribution in [0.2, 0.25) is 0 Å². The first-order valence-electron chi connectivity index (χ1n) is 7.36. The van der Waals surface area contributed by atoms with Crippen LogP contribution < -0.4 is 15.0 Å². The first kappa shape index (κ1) is 17.2. The lowest BCUT2D eigenvalue weighted by molar-refractivity contribution is -0.123. The molecule has 1 heterocycles. The normalized spacial score (nSPS) is 17.3. The summed E-state index contributed by atoms with van der Waals surface area (Å²) in [6.07, 6.45) is -4.72. The van der Waals surface area contributed by atoms with Gasteiger partial charge in [-0.2, -0.15) is 13.2 Å². The largest absolute Gasteiger partial charge is 0.485 e. The van der Waals surface area contributed by atoms with E-state index in [0.717, 1.165) is 18.0 Å². The second kappa shape index (κ2) is 6.97. The Labute approximate surface area is 133 Å². The van der Waals surface area contributed by atoms with Gasteiger partial charge in [-0.05, 0) is 19.1 Å². The maximum atomic E-state index is 12.1. The summed E-state index contributed by atoms with van der Waals surface area (Å²) in [7, 11) is 1.45. The fourth-order valence-corrected chi connectivity index (χ4v) is 2.47. The molecule has 2 amide bonds. The molecule has 0 saturated heterocycles. The molecule has 0 unspecified atom stereocenters. The summed E-state index contributed by atoms with van der Waals surface area (Å²) >= 11 is 0. The molecular weight excluding hydrogens is 311 g/mol. The van der Waals surface area contributed by atoms with Gasteiger partial charge in [0.25, 0.3) is 0 Å². The highest BCUT2D eigenvalue weighted by molar-refractivity contribution is 5.74. The summed E-state index contributed by atoms with van der Waals surface area (Å²) in [4.78, 5) is 15.0. The second-order valence-corrected chi connectivity index (χ2v) is 5.40. The third-order valence-electron chi connectivity index (χ3n) is 3.57. The lowest BCUT2D eigenvalue weighted by Gasteiger charge is -2.37. The van der Waals surface area contributed by atoms with E-state index >= 15 is 0 Å². The number of amides is 2. The summed E-state index contributed by atoms with van der Waals surface area (Å²) < 4.78 is 42.3. The number of para-hydroxylation sites is 2. The molecule has 0 saturated carbocycles. The van der Waals surface area contributed by atoms with Crippen LogP contribution in [-0.4, -0.2) is 56.4 Å². The molecule has 1 aromatic carbocycles. The predicted molar refractivity (Wildman–Crippen MR) is 80.8 cm³/mol. The highest BCUT2D eigenvalue weighted by Crippen LogP contribution is 2.32. The fourth-order valence-electron chi connectivity index (χ4n) is 2.47. The average Bonchev–Trinajstić information content (AvgIpc) is 2.50. The Hall–Kier alpha value is -2.12. The van der Waals surface area contributed by atoms with Crippen molar-refractivity contribution in [3.05, 3.63) is 24.3 Å². The number of fused-ring (bicyclic) bond motifs is 1. The summed E-state index contributed by atoms with van der Waals surface area (Å²) in [6.45, 7) is 2.23. The van der Waals surface area contributed by atoms with Crippen molar-refractivity contribution in [2.45, 2.75) is 19.2 Å². The average molecular weight is 331 g/mol. The van der Waals surface area contributed by atoms with Crippen molar-refractivity contribution in [2.24, 2.45) is 0 Å². The van der Waals surface area contributed by atoms with Gasteiger partial charge < -0.3 is 19.9 Å². The number of hydrogen-bond acceptors (Lipinski definition) is 3. The summed E-state index contributed by atoms with van der Waals surface area (Å²) in [6, 6.07) is 6.80. The molecule has 0 aliphatic carbocycles. The Kier molecular flexibility index (Phi) is 5.23. The number of anilines is 1. The van der Waals surface area contributed by atoms with Crippen LogP contribution in [0.15, 0.2) is 24.3 Å². The number of benzene rings is 1. The van der Waals surface area contributed by atoms with Crippen molar-refractivity contribution in [3.8, 4) is 5.75 Å². The van der Waals surface area contributed by atoms with Gasteiger partial charge in [-0.3, -0.25) is 0 Å². The smallest absolute Gasteiger partial charge is 0.405 e. The van der Waals surface area contributed by atoms with Gasteiger partial charge in [-0.1, -0.05) is 12.1 Å². The van der Waals surface area contributed by atoms with E-state index in [9.17, 15) is 18.0 Å². The number of nitrogens with zero attached hydrogens (tertiary/aromatic N) is 2. The van der Waals surface area contributed by atoms with E-state index < -0.39 is 18.8 Å². The Balaban J connectivity index is 1.94. The first-order chi connectivity index (χ1) is 10.8. The summed E-state index contributed by atoms with van der Waals surface area (Å²) in [5.74, 6) is 0.717. The van der Waals surface area contributed by atoms with Gasteiger partial charge in [0.15, 0.2) is 0 Å². The number of halogens is 3. The minimum Gasteiger partial charge on any atom is -0.485 e. The third kappa shape index (κ3) is 4.67. The molecule has 5 nitrogen and oxygen atoms in total. The van der Waals surface area contributed by atoms with E-state index in [4.69, 9.17) is 4.74 Å². The molecule has 1 atom stereocenters. The standard InChI is InChI=1S/C15H20F3N3O2/c1-3-21-9-11(23-13-7-5-4-6-12(13)21)8-20(2)14(22)19-10-15(16,17)18/h4-7,11H,3,8-10H2,1-2H3,(H,19,22)/t11-/m1/s1. The van der Waals surface area contributed by atoms with Crippen molar-refractivity contribution >= 4 is 11.7 Å². The Morgan fingerprint density at radius 1 is 1.43 bits per heavy atom. The molecule has 128 valence electrons. The highest BCUT2D eigenvalue weighted by Gasteiger charge is 2.30. The van der Waals surface area contributed by atoms with E-state index in [-0.39, 0.29) is 12.6 Å². The van der Waals surface area contributed by atoms with Crippen LogP contribution in [0.5, 0.6) is 5.75 Å². The lowest BCUT2D eigenvalue weighted by atomic mass is 10.2. The van der Waals surface area contributed by atoms with Crippen LogP contribution in [0, 0.1) is 0 Å². The molecule has 0 spiro atoms. The number of alkyl halides is 3. The fraction of sp³-hybridized carbons (Fsp3) is 0.533. The molecule has 23 heavy (non-hydrogen) atoms. The molecule has 1 aliphatic heterocycles. The zero-order valence-corrected chi connectivity index (χ0v) is 13.1. The third-order valence-corrected chi connectivity index (χ3v) is 3.57. The summed E-state index contributed by atoms with van der Waals surface area (Å²) in [5, 5.41) is 1.85. The van der Waals surface area contributed by atoms with Gasteiger partial charge in [0.05, 0.1) is 18.8 Å². The Morgan fingerprint density at radius 2 is 2.13 bits per heavy atom. The van der Waals surface area contributed by atoms with Crippen molar-refractivity contribution in [3.63, 3.8) is 0 Å². The molecule has 0 bridgehead atoms. The van der Waals surface area contributed by atoms with Gasteiger partial charge in [0, 0.05) is 13.6 Å². The molecule has 2 rings (SSSR count). The van der Waals surface area contributed by atoms with E-state index in [1.807, 2.05) is 36.5 Å². The van der Waals surface area contributed by atoms with Gasteiger partial charge in [-0.15, -0.1) is 0 Å². The summed E-state index contributed by atoms with van der Waals surface area (Å²) in [5.41, 5.74) is 0.982. The minimum atomic E-state index is -4.42. The molecule has 8 heteroatoms. The number of ether oxygens (including phenoxy) is 1. The Morgan fingerprint density at radius 3 is 2.78 bits per heavy atom. The van der Waals surface area contributed by atoms with Gasteiger partial charge in [0.1, 0.15) is 18.4 Å². The molecule has 0 radical (unpaired) electrons. The SMILES string of the molecule is CCN1C[C@@H](CN(C)C(=O)NCC(F)(F)F)Oc2ccccc21. The number of carbonyl (C=O) groups excluding carboxylic acids is 1. The Bertz CT molecular complexity index is 551. The van der Waals surface area contributed by atoms with Gasteiger partial charge in [-0.25, -0.2) is 4.79 Å². The van der Waals surface area contributed by atoms with Crippen LogP contribution in [0.1, 0.15) is 6.92 Å². The molecule has 1 N–H and O–H groups in total. The van der Waals surface area contributed by atoms with Crippen molar-refractivity contribution < 1.29 is 22.7 Å². The first-order valence-corrected chi connectivity index (χ1v) is 7.36. The second-order valence-electron chi connectivity index (χ2n) is 5.40. The maximum absolute atomic E-state index is 12.1. The number of hydrogen-bond donors (Lipinski definition) is 1. The molecule has 1 aromatic rings. The van der Waals surface area contributed by atoms with E-state index in [1.165, 1.54) is 11.9 Å². The predicted octanol–water partition coefficient (Wildman–Crippen LogP) is 2.48. The topological polar surface area (TPSA) is 44.8 Å². The monoisotopic (exact) mass is 331 g/mol. The molecule has 0 aromatic heterocycles. The lowest BCUT2D eigenvalue weighted by Crippen LogP contribution is -2.49. The number of carbonyl (C=O) groups is 1. The number of nitrogens with one attached hydrogen (secondary N) is 1. The van der Waals surface area contributed by atoms with E-state index in [1.54, 1.807) is 0 Å². The highest BCUT2D eigenvalue weighted by atomic mass is 19.4. The van der Waals surface area contributed by atoms with Crippen LogP contribution in [0.25, 0.3) is 0 Å². The minimum absolute atomic E-state index is 0.203. The van der Waals surface area contributed by atoms with Crippen molar-refractivity contribution in [1.82, 2.24) is 10.2 Å². The number of rotatable bonds is 4. The molecule has 1 aliphatic rings. The zero-order valence-electron chi connectivity index (χ0n) is 13.1. The van der Waals surface area contributed by atoms with Crippen molar-refractivity contribution in [1.29, 1.82) is 0 Å². The van der Waals surface area contributed by atoms with E-state index in [2.05, 4.69) is 4.90 Å².